The van der Waals surface area contributed by atoms with E-state index in [1.165, 1.54) is 47.5 Å². The molecule has 0 bridgehead atoms. The van der Waals surface area contributed by atoms with Crippen LogP contribution in [0.4, 0.5) is 0 Å². The number of rotatable bonds is 3. The van der Waals surface area contributed by atoms with Crippen LogP contribution in [-0.4, -0.2) is 9.13 Å². The highest BCUT2D eigenvalue weighted by Crippen LogP contribution is 2.41. The Bertz CT molecular complexity index is 3530. The molecule has 0 aliphatic rings. The lowest BCUT2D eigenvalue weighted by Gasteiger charge is -2.09. The Morgan fingerprint density at radius 2 is 0.889 bits per heavy atom. The minimum Gasteiger partial charge on any atom is -0.456 e. The second-order valence-electron chi connectivity index (χ2n) is 14.1. The Morgan fingerprint density at radius 3 is 1.56 bits per heavy atom. The predicted octanol–water partition coefficient (Wildman–Crippen LogP) is 13.7. The van der Waals surface area contributed by atoms with Gasteiger partial charge >= 0.3 is 0 Å². The minimum absolute atomic E-state index is 0.669. The number of hydrogen-bond donors (Lipinski definition) is 0. The van der Waals surface area contributed by atoms with Crippen molar-refractivity contribution < 1.29 is 4.42 Å². The summed E-state index contributed by atoms with van der Waals surface area (Å²) in [5.74, 6) is 0. The highest BCUT2D eigenvalue weighted by atomic mass is 32.1. The first-order chi connectivity index (χ1) is 26.7. The van der Waals surface area contributed by atoms with Gasteiger partial charge in [0, 0.05) is 63.9 Å². The van der Waals surface area contributed by atoms with Gasteiger partial charge in [0.25, 0.3) is 0 Å². The molecule has 0 fully saturated rings. The van der Waals surface area contributed by atoms with Crippen LogP contribution in [0.15, 0.2) is 168 Å². The van der Waals surface area contributed by atoms with Gasteiger partial charge in [0.15, 0.2) is 0 Å². The molecule has 4 heterocycles. The van der Waals surface area contributed by atoms with Crippen LogP contribution in [-0.2, 0) is 0 Å². The molecule has 4 aromatic heterocycles. The zero-order valence-electron chi connectivity index (χ0n) is 28.7. The van der Waals surface area contributed by atoms with E-state index in [0.29, 0.717) is 5.56 Å². The van der Waals surface area contributed by atoms with Gasteiger partial charge in [-0.25, -0.2) is 0 Å². The molecule has 12 aromatic rings. The van der Waals surface area contributed by atoms with E-state index in [1.807, 2.05) is 23.5 Å². The summed E-state index contributed by atoms with van der Waals surface area (Å²) in [4.78, 5) is 0. The topological polar surface area (TPSA) is 46.8 Å². The molecular weight excluding hydrogens is 679 g/mol. The molecule has 8 aromatic carbocycles. The highest BCUT2D eigenvalue weighted by molar-refractivity contribution is 7.25. The van der Waals surface area contributed by atoms with Crippen LogP contribution < -0.4 is 0 Å². The fourth-order valence-electron chi connectivity index (χ4n) is 8.69. The van der Waals surface area contributed by atoms with Crippen LogP contribution in [0.25, 0.3) is 108 Å². The van der Waals surface area contributed by atoms with Crippen molar-refractivity contribution in [3.8, 4) is 28.6 Å². The lowest BCUT2D eigenvalue weighted by atomic mass is 10.0. The predicted molar refractivity (Wildman–Crippen MR) is 225 cm³/mol. The first-order valence-electron chi connectivity index (χ1n) is 18.1. The van der Waals surface area contributed by atoms with Gasteiger partial charge in [-0.1, -0.05) is 66.7 Å². The maximum atomic E-state index is 9.63. The molecule has 0 radical (unpaired) electrons. The van der Waals surface area contributed by atoms with Crippen LogP contribution in [0.1, 0.15) is 5.56 Å². The number of nitrogens with zero attached hydrogens (tertiary/aromatic N) is 3. The second kappa shape index (κ2) is 10.9. The molecule has 0 unspecified atom stereocenters. The summed E-state index contributed by atoms with van der Waals surface area (Å²) in [5, 5.41) is 19.1. The number of aromatic nitrogens is 2. The summed E-state index contributed by atoms with van der Waals surface area (Å²) in [7, 11) is 0. The van der Waals surface area contributed by atoms with Gasteiger partial charge in [0.2, 0.25) is 0 Å². The van der Waals surface area contributed by atoms with Gasteiger partial charge in [-0.3, -0.25) is 0 Å². The zero-order valence-corrected chi connectivity index (χ0v) is 29.6. The van der Waals surface area contributed by atoms with E-state index in [4.69, 9.17) is 4.42 Å². The number of benzene rings is 8. The Labute approximate surface area is 312 Å². The number of fused-ring (bicyclic) bond motifs is 12. The van der Waals surface area contributed by atoms with Gasteiger partial charge < -0.3 is 13.6 Å². The quantitative estimate of drug-likeness (QED) is 0.184. The van der Waals surface area contributed by atoms with Gasteiger partial charge in [-0.05, 0) is 108 Å². The first kappa shape index (κ1) is 29.4. The first-order valence-corrected chi connectivity index (χ1v) is 18.9. The minimum atomic E-state index is 0.669. The maximum absolute atomic E-state index is 9.63. The van der Waals surface area contributed by atoms with Gasteiger partial charge in [0.05, 0.1) is 33.7 Å². The van der Waals surface area contributed by atoms with Crippen molar-refractivity contribution in [2.45, 2.75) is 0 Å². The van der Waals surface area contributed by atoms with Crippen molar-refractivity contribution in [2.24, 2.45) is 0 Å². The van der Waals surface area contributed by atoms with E-state index in [9.17, 15) is 5.26 Å². The molecule has 0 amide bonds. The van der Waals surface area contributed by atoms with Crippen molar-refractivity contribution >= 4 is 97.1 Å². The molecule has 54 heavy (non-hydrogen) atoms. The lowest BCUT2D eigenvalue weighted by molar-refractivity contribution is 0.669. The Kier molecular flexibility index (Phi) is 5.97. The van der Waals surface area contributed by atoms with Crippen molar-refractivity contribution in [3.63, 3.8) is 0 Å². The SMILES string of the molecule is N#Cc1ccc2c(c1)c1ccccc1n2-c1ccc2sc3ccc(-c4ccc5oc6ccc(-n7c8ccccc8c8ccccc87)cc6c5c4)cc3c2c1. The Balaban J connectivity index is 1.01. The normalized spacial score (nSPS) is 12.1. The molecule has 0 saturated heterocycles. The molecule has 250 valence electrons. The Hall–Kier alpha value is -7.13. The molecule has 0 saturated carbocycles. The molecular formula is C49H27N3OS. The molecule has 0 spiro atoms. The number of nitriles is 1. The summed E-state index contributed by atoms with van der Waals surface area (Å²) < 4.78 is 13.6. The number of thiophene rings is 1. The van der Waals surface area contributed by atoms with Crippen LogP contribution in [0.3, 0.4) is 0 Å². The van der Waals surface area contributed by atoms with Crippen LogP contribution in [0, 0.1) is 11.3 Å². The number of para-hydroxylation sites is 3. The molecule has 0 atom stereocenters. The summed E-state index contributed by atoms with van der Waals surface area (Å²) in [6, 6.07) is 60.8. The van der Waals surface area contributed by atoms with E-state index < -0.39 is 0 Å². The molecule has 5 heteroatoms. The standard InChI is InChI=1S/C49H27N3OS/c50-28-29-13-18-45-37(23-29)36-9-3-6-12-44(36)52(45)33-17-22-49-41(27-33)40-25-31(15-21-48(40)54-49)30-14-19-46-38(24-30)39-26-32(16-20-47(39)53-46)51-42-10-4-1-7-34(42)35-8-2-5-11-43(35)51/h1-27H. The summed E-state index contributed by atoms with van der Waals surface area (Å²) in [5.41, 5.74) is 11.6. The van der Waals surface area contributed by atoms with Crippen LogP contribution in [0.5, 0.6) is 0 Å². The smallest absolute Gasteiger partial charge is 0.135 e. The average molecular weight is 706 g/mol. The summed E-state index contributed by atoms with van der Waals surface area (Å²) >= 11 is 1.83. The molecule has 12 rings (SSSR count). The van der Waals surface area contributed by atoms with E-state index in [0.717, 1.165) is 60.7 Å². The monoisotopic (exact) mass is 705 g/mol. The third-order valence-electron chi connectivity index (χ3n) is 11.1. The highest BCUT2D eigenvalue weighted by Gasteiger charge is 2.17. The summed E-state index contributed by atoms with van der Waals surface area (Å²) in [6.45, 7) is 0. The molecule has 4 nitrogen and oxygen atoms in total. The van der Waals surface area contributed by atoms with Crippen LogP contribution in [0.2, 0.25) is 0 Å². The van der Waals surface area contributed by atoms with E-state index in [2.05, 4.69) is 167 Å². The van der Waals surface area contributed by atoms with Gasteiger partial charge in [-0.15, -0.1) is 11.3 Å². The number of hydrogen-bond acceptors (Lipinski definition) is 3. The maximum Gasteiger partial charge on any atom is 0.135 e. The molecule has 0 N–H and O–H groups in total. The average Bonchev–Trinajstić information content (AvgIpc) is 3.97. The molecule has 0 aliphatic heterocycles. The van der Waals surface area contributed by atoms with Crippen molar-refractivity contribution in [2.75, 3.05) is 0 Å². The Morgan fingerprint density at radius 1 is 0.407 bits per heavy atom. The lowest BCUT2D eigenvalue weighted by Crippen LogP contribution is -1.93. The van der Waals surface area contributed by atoms with E-state index >= 15 is 0 Å². The van der Waals surface area contributed by atoms with Crippen LogP contribution >= 0.6 is 11.3 Å². The fourth-order valence-corrected chi connectivity index (χ4v) is 9.76. The van der Waals surface area contributed by atoms with E-state index in [1.54, 1.807) is 0 Å². The number of furan rings is 1. The zero-order chi connectivity index (χ0) is 35.5. The van der Waals surface area contributed by atoms with Crippen molar-refractivity contribution in [1.29, 1.82) is 5.26 Å². The van der Waals surface area contributed by atoms with Gasteiger partial charge in [-0.2, -0.15) is 5.26 Å². The van der Waals surface area contributed by atoms with Crippen molar-refractivity contribution in [3.05, 3.63) is 169 Å². The van der Waals surface area contributed by atoms with Gasteiger partial charge in [0.1, 0.15) is 11.2 Å². The summed E-state index contributed by atoms with van der Waals surface area (Å²) in [6.07, 6.45) is 0. The second-order valence-corrected chi connectivity index (χ2v) is 15.1. The van der Waals surface area contributed by atoms with Crippen molar-refractivity contribution in [1.82, 2.24) is 9.13 Å². The largest absolute Gasteiger partial charge is 0.456 e. The molecule has 0 aliphatic carbocycles. The fraction of sp³-hybridized carbons (Fsp3) is 0. The third-order valence-corrected chi connectivity index (χ3v) is 12.3. The third kappa shape index (κ3) is 4.11. The van der Waals surface area contributed by atoms with E-state index in [-0.39, 0.29) is 0 Å².